The van der Waals surface area contributed by atoms with Crippen LogP contribution in [0.15, 0.2) is 42.5 Å². The zero-order valence-corrected chi connectivity index (χ0v) is 18.5. The Labute approximate surface area is 186 Å². The monoisotopic (exact) mass is 447 g/mol. The maximum absolute atomic E-state index is 13.7. The van der Waals surface area contributed by atoms with Crippen LogP contribution in [-0.2, 0) is 9.59 Å². The molecule has 1 N–H and O–H groups in total. The third-order valence-electron chi connectivity index (χ3n) is 4.98. The molecule has 0 radical (unpaired) electrons. The number of nitrogens with one attached hydrogen (secondary N) is 1. The molecule has 0 spiro atoms. The predicted octanol–water partition coefficient (Wildman–Crippen LogP) is 4.19. The highest BCUT2D eigenvalue weighted by Crippen LogP contribution is 2.30. The van der Waals surface area contributed by atoms with E-state index in [1.165, 1.54) is 12.1 Å². The Morgan fingerprint density at radius 2 is 1.84 bits per heavy atom. The van der Waals surface area contributed by atoms with E-state index in [1.54, 1.807) is 24.3 Å². The summed E-state index contributed by atoms with van der Waals surface area (Å²) in [5, 5.41) is 3.29. The predicted molar refractivity (Wildman–Crippen MR) is 120 cm³/mol. The molecule has 0 saturated carbocycles. The number of amides is 2. The van der Waals surface area contributed by atoms with Gasteiger partial charge in [-0.25, -0.2) is 4.39 Å². The normalized spacial score (nSPS) is 14.0. The quantitative estimate of drug-likeness (QED) is 0.691. The molecule has 1 aliphatic heterocycles. The Morgan fingerprint density at radius 1 is 1.13 bits per heavy atom. The van der Waals surface area contributed by atoms with Gasteiger partial charge in [0.1, 0.15) is 0 Å². The number of halogens is 2. The second-order valence-corrected chi connectivity index (χ2v) is 8.33. The van der Waals surface area contributed by atoms with E-state index < -0.39 is 11.7 Å². The fourth-order valence-electron chi connectivity index (χ4n) is 3.45. The number of hydrogen-bond donors (Lipinski definition) is 1. The fraction of sp³-hybridized carbons (Fsp3) is 0.391. The first-order valence-corrected chi connectivity index (χ1v) is 10.7. The first-order valence-electron chi connectivity index (χ1n) is 10.3. The van der Waals surface area contributed by atoms with Gasteiger partial charge < -0.3 is 19.9 Å². The summed E-state index contributed by atoms with van der Waals surface area (Å²) in [5.41, 5.74) is 1.37. The Kier molecular flexibility index (Phi) is 7.74. The summed E-state index contributed by atoms with van der Waals surface area (Å²) in [5.74, 6) is -0.424. The summed E-state index contributed by atoms with van der Waals surface area (Å²) in [4.78, 5) is 28.7. The van der Waals surface area contributed by atoms with Gasteiger partial charge in [-0.15, -0.1) is 0 Å². The highest BCUT2D eigenvalue weighted by Gasteiger charge is 2.23. The summed E-state index contributed by atoms with van der Waals surface area (Å²) < 4.78 is 19.0. The van der Waals surface area contributed by atoms with Crippen molar-refractivity contribution in [1.82, 2.24) is 4.90 Å². The standard InChI is InChI=1S/C23H27ClFN3O3/c1-16(2)13-23(30)28-11-9-27(10-12-28)20-8-7-17(24)14-19(20)26-22(29)15-31-21-6-4-3-5-18(21)25/h3-8,14,16H,9-13,15H2,1-2H3,(H,26,29). The van der Waals surface area contributed by atoms with Crippen LogP contribution in [0, 0.1) is 11.7 Å². The molecule has 0 unspecified atom stereocenters. The van der Waals surface area contributed by atoms with Crippen molar-refractivity contribution in [3.63, 3.8) is 0 Å². The number of ether oxygens (including phenoxy) is 1. The molecule has 1 fully saturated rings. The minimum absolute atomic E-state index is 0.0196. The number of benzene rings is 2. The van der Waals surface area contributed by atoms with E-state index in [4.69, 9.17) is 16.3 Å². The molecule has 8 heteroatoms. The van der Waals surface area contributed by atoms with E-state index in [-0.39, 0.29) is 18.3 Å². The van der Waals surface area contributed by atoms with Crippen molar-refractivity contribution in [3.8, 4) is 5.75 Å². The van der Waals surface area contributed by atoms with E-state index in [2.05, 4.69) is 10.2 Å². The molecule has 0 aliphatic carbocycles. The highest BCUT2D eigenvalue weighted by atomic mass is 35.5. The Hall–Kier alpha value is -2.80. The SMILES string of the molecule is CC(C)CC(=O)N1CCN(c2ccc(Cl)cc2NC(=O)COc2ccccc2F)CC1. The van der Waals surface area contributed by atoms with Gasteiger partial charge in [0.05, 0.1) is 11.4 Å². The first-order chi connectivity index (χ1) is 14.8. The molecule has 2 amide bonds. The van der Waals surface area contributed by atoms with Crippen molar-refractivity contribution >= 4 is 34.8 Å². The maximum atomic E-state index is 13.7. The van der Waals surface area contributed by atoms with Gasteiger partial charge in [-0.2, -0.15) is 0 Å². The van der Waals surface area contributed by atoms with Gasteiger partial charge in [0.2, 0.25) is 5.91 Å². The highest BCUT2D eigenvalue weighted by molar-refractivity contribution is 6.31. The van der Waals surface area contributed by atoms with Gasteiger partial charge in [-0.3, -0.25) is 9.59 Å². The topological polar surface area (TPSA) is 61.9 Å². The first kappa shape index (κ1) is 22.9. The van der Waals surface area contributed by atoms with Crippen LogP contribution in [0.2, 0.25) is 5.02 Å². The molecule has 1 saturated heterocycles. The van der Waals surface area contributed by atoms with Crippen molar-refractivity contribution in [1.29, 1.82) is 0 Å². The van der Waals surface area contributed by atoms with Crippen molar-refractivity contribution < 1.29 is 18.7 Å². The lowest BCUT2D eigenvalue weighted by Crippen LogP contribution is -2.49. The maximum Gasteiger partial charge on any atom is 0.262 e. The molecule has 0 aromatic heterocycles. The molecule has 0 bridgehead atoms. The molecule has 6 nitrogen and oxygen atoms in total. The van der Waals surface area contributed by atoms with Crippen LogP contribution in [-0.4, -0.2) is 49.5 Å². The number of para-hydroxylation sites is 1. The van der Waals surface area contributed by atoms with Gasteiger partial charge >= 0.3 is 0 Å². The van der Waals surface area contributed by atoms with Gasteiger partial charge in [-0.05, 0) is 36.2 Å². The second-order valence-electron chi connectivity index (χ2n) is 7.89. The van der Waals surface area contributed by atoms with Gasteiger partial charge in [0.25, 0.3) is 5.91 Å². The van der Waals surface area contributed by atoms with Crippen LogP contribution in [0.4, 0.5) is 15.8 Å². The van der Waals surface area contributed by atoms with Crippen LogP contribution in [0.25, 0.3) is 0 Å². The largest absolute Gasteiger partial charge is 0.481 e. The van der Waals surface area contributed by atoms with E-state index in [0.29, 0.717) is 49.2 Å². The van der Waals surface area contributed by atoms with E-state index in [0.717, 1.165) is 5.69 Å². The summed E-state index contributed by atoms with van der Waals surface area (Å²) >= 11 is 6.14. The third kappa shape index (κ3) is 6.34. The van der Waals surface area contributed by atoms with Crippen LogP contribution in [0.5, 0.6) is 5.75 Å². The second kappa shape index (κ2) is 10.5. The molecule has 31 heavy (non-hydrogen) atoms. The molecule has 3 rings (SSSR count). The Balaban J connectivity index is 1.62. The lowest BCUT2D eigenvalue weighted by atomic mass is 10.1. The van der Waals surface area contributed by atoms with E-state index in [9.17, 15) is 14.0 Å². The fourth-order valence-corrected chi connectivity index (χ4v) is 3.62. The lowest BCUT2D eigenvalue weighted by molar-refractivity contribution is -0.132. The number of carbonyl (C=O) groups excluding carboxylic acids is 2. The van der Waals surface area contributed by atoms with Gasteiger partial charge in [-0.1, -0.05) is 37.6 Å². The molecule has 1 heterocycles. The summed E-state index contributed by atoms with van der Waals surface area (Å²) in [6.07, 6.45) is 0.546. The smallest absolute Gasteiger partial charge is 0.262 e. The molecular formula is C23H27ClFN3O3. The van der Waals surface area contributed by atoms with Crippen LogP contribution >= 0.6 is 11.6 Å². The molecule has 166 valence electrons. The van der Waals surface area contributed by atoms with Crippen molar-refractivity contribution in [2.45, 2.75) is 20.3 Å². The number of hydrogen-bond acceptors (Lipinski definition) is 4. The van der Waals surface area contributed by atoms with Gasteiger partial charge in [0.15, 0.2) is 18.2 Å². The number of carbonyl (C=O) groups is 2. The Morgan fingerprint density at radius 3 is 2.52 bits per heavy atom. The molecule has 1 aliphatic rings. The number of piperazine rings is 1. The number of rotatable bonds is 7. The lowest BCUT2D eigenvalue weighted by Gasteiger charge is -2.37. The van der Waals surface area contributed by atoms with Crippen LogP contribution in [0.3, 0.4) is 0 Å². The average Bonchev–Trinajstić information content (AvgIpc) is 2.73. The minimum atomic E-state index is -0.524. The molecular weight excluding hydrogens is 421 g/mol. The molecule has 2 aromatic carbocycles. The van der Waals surface area contributed by atoms with Crippen molar-refractivity contribution in [3.05, 3.63) is 53.3 Å². The zero-order valence-electron chi connectivity index (χ0n) is 17.7. The van der Waals surface area contributed by atoms with Crippen LogP contribution < -0.4 is 15.0 Å². The minimum Gasteiger partial charge on any atom is -0.481 e. The van der Waals surface area contributed by atoms with Crippen LogP contribution in [0.1, 0.15) is 20.3 Å². The summed E-state index contributed by atoms with van der Waals surface area (Å²) in [6, 6.07) is 11.2. The summed E-state index contributed by atoms with van der Waals surface area (Å²) in [6.45, 7) is 6.29. The number of nitrogens with zero attached hydrogens (tertiary/aromatic N) is 2. The Bertz CT molecular complexity index is 930. The van der Waals surface area contributed by atoms with E-state index >= 15 is 0 Å². The molecule has 2 aromatic rings. The number of anilines is 2. The van der Waals surface area contributed by atoms with E-state index in [1.807, 2.05) is 24.8 Å². The third-order valence-corrected chi connectivity index (χ3v) is 5.22. The molecule has 0 atom stereocenters. The van der Waals surface area contributed by atoms with Crippen molar-refractivity contribution in [2.24, 2.45) is 5.92 Å². The van der Waals surface area contributed by atoms with Crippen molar-refractivity contribution in [2.75, 3.05) is 43.0 Å². The zero-order chi connectivity index (χ0) is 22.4. The van der Waals surface area contributed by atoms with Gasteiger partial charge in [0, 0.05) is 37.6 Å². The average molecular weight is 448 g/mol. The summed E-state index contributed by atoms with van der Waals surface area (Å²) in [7, 11) is 0.